The van der Waals surface area contributed by atoms with Crippen LogP contribution >= 0.6 is 0 Å². The predicted molar refractivity (Wildman–Crippen MR) is 155 cm³/mol. The van der Waals surface area contributed by atoms with Crippen LogP contribution in [0.2, 0.25) is 0 Å². The number of para-hydroxylation sites is 1. The van der Waals surface area contributed by atoms with E-state index in [0.29, 0.717) is 61.8 Å². The first-order valence-electron chi connectivity index (χ1n) is 14.2. The molecule has 0 aliphatic carbocycles. The Morgan fingerprint density at radius 3 is 2.30 bits per heavy atom. The second kappa shape index (κ2) is 12.4. The topological polar surface area (TPSA) is 98.7 Å². The molecule has 5 rings (SSSR count). The molecule has 0 unspecified atom stereocenters. The maximum absolute atomic E-state index is 14.1. The van der Waals surface area contributed by atoms with E-state index < -0.39 is 0 Å². The van der Waals surface area contributed by atoms with E-state index in [1.54, 1.807) is 36.5 Å². The number of amides is 2. The number of fused-ring (bicyclic) bond motifs is 1. The van der Waals surface area contributed by atoms with Crippen molar-refractivity contribution in [3.63, 3.8) is 0 Å². The van der Waals surface area contributed by atoms with Crippen LogP contribution in [0.4, 0.5) is 17.6 Å². The first kappa shape index (κ1) is 27.5. The van der Waals surface area contributed by atoms with Gasteiger partial charge in [-0.25, -0.2) is 19.9 Å². The quantitative estimate of drug-likeness (QED) is 0.494. The van der Waals surface area contributed by atoms with Crippen LogP contribution in [0.5, 0.6) is 0 Å². The minimum absolute atomic E-state index is 0.0287. The summed E-state index contributed by atoms with van der Waals surface area (Å²) >= 11 is 0. The number of rotatable bonds is 3. The largest absolute Gasteiger partial charge is 0.341 e. The predicted octanol–water partition coefficient (Wildman–Crippen LogP) is 3.72. The first-order valence-corrected chi connectivity index (χ1v) is 14.2. The fourth-order valence-corrected chi connectivity index (χ4v) is 5.44. The molecule has 40 heavy (non-hydrogen) atoms. The normalized spacial score (nSPS) is 17.3. The van der Waals surface area contributed by atoms with E-state index in [1.165, 1.54) is 0 Å². The van der Waals surface area contributed by atoms with Crippen LogP contribution < -0.4 is 14.7 Å². The summed E-state index contributed by atoms with van der Waals surface area (Å²) in [4.78, 5) is 53.0. The van der Waals surface area contributed by atoms with E-state index in [2.05, 4.69) is 31.7 Å². The lowest BCUT2D eigenvalue weighted by atomic mass is 10.00. The van der Waals surface area contributed by atoms with Crippen LogP contribution in [0.3, 0.4) is 0 Å². The lowest BCUT2D eigenvalue weighted by Crippen LogP contribution is -2.40. The van der Waals surface area contributed by atoms with Gasteiger partial charge in [-0.05, 0) is 49.8 Å². The number of carbonyl (C=O) groups excluding carboxylic acids is 2. The average molecular weight is 543 g/mol. The molecule has 1 fully saturated rings. The molecule has 0 bridgehead atoms. The summed E-state index contributed by atoms with van der Waals surface area (Å²) in [5.41, 5.74) is 2.92. The molecule has 0 spiro atoms. The smallest absolute Gasteiger partial charge is 0.257 e. The molecular formula is C30H38N8O2. The average Bonchev–Trinajstić information content (AvgIpc) is 3.00. The molecule has 2 aliphatic rings. The maximum Gasteiger partial charge on any atom is 0.257 e. The van der Waals surface area contributed by atoms with Gasteiger partial charge in [0.05, 0.1) is 11.3 Å². The summed E-state index contributed by atoms with van der Waals surface area (Å²) in [6.07, 6.45) is 8.10. The van der Waals surface area contributed by atoms with Crippen molar-refractivity contribution >= 4 is 29.4 Å². The molecule has 210 valence electrons. The lowest BCUT2D eigenvalue weighted by Gasteiger charge is -2.31. The van der Waals surface area contributed by atoms with Crippen LogP contribution in [0.15, 0.2) is 48.9 Å². The number of carbonyl (C=O) groups is 2. The van der Waals surface area contributed by atoms with Crippen molar-refractivity contribution in [2.24, 2.45) is 5.92 Å². The van der Waals surface area contributed by atoms with E-state index in [-0.39, 0.29) is 11.8 Å². The summed E-state index contributed by atoms with van der Waals surface area (Å²) in [6, 6.07) is 9.62. The van der Waals surface area contributed by atoms with E-state index in [4.69, 9.17) is 4.98 Å². The van der Waals surface area contributed by atoms with Gasteiger partial charge in [-0.15, -0.1) is 0 Å². The summed E-state index contributed by atoms with van der Waals surface area (Å²) < 4.78 is 0. The number of hydrogen-bond acceptors (Lipinski definition) is 8. The Bertz CT molecular complexity index is 1330. The Morgan fingerprint density at radius 1 is 0.850 bits per heavy atom. The summed E-state index contributed by atoms with van der Waals surface area (Å²) in [7, 11) is 0. The molecule has 10 nitrogen and oxygen atoms in total. The van der Waals surface area contributed by atoms with Crippen LogP contribution in [0, 0.1) is 12.8 Å². The molecular weight excluding hydrogens is 504 g/mol. The Morgan fingerprint density at radius 2 is 1.57 bits per heavy atom. The third kappa shape index (κ3) is 6.21. The van der Waals surface area contributed by atoms with E-state index in [0.717, 1.165) is 43.6 Å². The molecule has 2 amide bonds. The number of aromatic nitrogens is 4. The van der Waals surface area contributed by atoms with Gasteiger partial charge in [-0.2, -0.15) is 0 Å². The van der Waals surface area contributed by atoms with Gasteiger partial charge in [0.2, 0.25) is 17.8 Å². The van der Waals surface area contributed by atoms with Gasteiger partial charge in [0, 0.05) is 77.0 Å². The summed E-state index contributed by atoms with van der Waals surface area (Å²) in [6.45, 7) is 10.2. The van der Waals surface area contributed by atoms with Crippen LogP contribution in [-0.2, 0) is 11.3 Å². The maximum atomic E-state index is 14.1. The van der Waals surface area contributed by atoms with Gasteiger partial charge in [0.25, 0.3) is 5.91 Å². The zero-order chi connectivity index (χ0) is 28.1. The number of aryl methyl sites for hydroxylation is 1. The molecule has 0 saturated carbocycles. The molecule has 1 aromatic carbocycles. The monoisotopic (exact) mass is 542 g/mol. The number of hydrogen-bond donors (Lipinski definition) is 0. The Labute approximate surface area is 236 Å². The van der Waals surface area contributed by atoms with Crippen molar-refractivity contribution in [3.8, 4) is 0 Å². The van der Waals surface area contributed by atoms with Gasteiger partial charge in [-0.1, -0.05) is 25.1 Å². The molecule has 0 N–H and O–H groups in total. The molecule has 0 radical (unpaired) electrons. The Balaban J connectivity index is 1.46. The van der Waals surface area contributed by atoms with Crippen molar-refractivity contribution < 1.29 is 9.59 Å². The van der Waals surface area contributed by atoms with Gasteiger partial charge >= 0.3 is 0 Å². The van der Waals surface area contributed by atoms with Gasteiger partial charge < -0.3 is 19.6 Å². The van der Waals surface area contributed by atoms with Gasteiger partial charge in [-0.3, -0.25) is 9.59 Å². The fourth-order valence-electron chi connectivity index (χ4n) is 5.44. The number of benzene rings is 1. The van der Waals surface area contributed by atoms with Gasteiger partial charge in [0.1, 0.15) is 0 Å². The van der Waals surface area contributed by atoms with Crippen molar-refractivity contribution in [3.05, 3.63) is 65.7 Å². The molecule has 2 aliphatic heterocycles. The van der Waals surface area contributed by atoms with E-state index >= 15 is 0 Å². The zero-order valence-corrected chi connectivity index (χ0v) is 23.7. The minimum atomic E-state index is -0.131. The van der Waals surface area contributed by atoms with Gasteiger partial charge in [0.15, 0.2) is 0 Å². The molecule has 4 heterocycles. The summed E-state index contributed by atoms with van der Waals surface area (Å²) in [5.74, 6) is 1.85. The van der Waals surface area contributed by atoms with E-state index in [1.807, 2.05) is 36.1 Å². The second-order valence-corrected chi connectivity index (χ2v) is 10.8. The number of nitrogens with zero attached hydrogens (tertiary/aromatic N) is 8. The molecule has 3 aromatic rings. The number of anilines is 3. The molecule has 0 atom stereocenters. The Kier molecular flexibility index (Phi) is 8.52. The van der Waals surface area contributed by atoms with E-state index in [9.17, 15) is 9.59 Å². The fraction of sp³-hybridized carbons (Fsp3) is 0.467. The highest BCUT2D eigenvalue weighted by atomic mass is 16.2. The highest BCUT2D eigenvalue weighted by molar-refractivity contribution is 5.95. The molecule has 2 aromatic heterocycles. The minimum Gasteiger partial charge on any atom is -0.341 e. The van der Waals surface area contributed by atoms with Crippen molar-refractivity contribution in [1.29, 1.82) is 0 Å². The van der Waals surface area contributed by atoms with Crippen LogP contribution in [0.1, 0.15) is 54.7 Å². The van der Waals surface area contributed by atoms with Crippen molar-refractivity contribution in [2.75, 3.05) is 54.0 Å². The zero-order valence-electron chi connectivity index (χ0n) is 23.7. The Hall–Kier alpha value is -4.08. The first-order chi connectivity index (χ1) is 19.4. The van der Waals surface area contributed by atoms with Crippen LogP contribution in [0.25, 0.3) is 0 Å². The third-order valence-electron chi connectivity index (χ3n) is 7.86. The highest BCUT2D eigenvalue weighted by Gasteiger charge is 2.26. The number of piperidine rings is 1. The SMILES string of the molecule is CC(=O)N1CCCN(c2ncccn2)CCN(C(=O)c2cnc(N3CCC(C)CC3)nc2C)Cc2ccccc21. The standard InChI is InChI=1S/C30H38N8O2/c1-22-10-16-36(17-11-22)30-33-20-26(23(2)34-30)28(40)37-19-18-35(29-31-12-6-13-32-29)14-7-15-38(24(3)39)27-9-5-4-8-25(27)21-37/h4-6,8-9,12-13,20,22H,7,10-11,14-19,21H2,1-3H3. The molecule has 1 saturated heterocycles. The summed E-state index contributed by atoms with van der Waals surface area (Å²) in [5, 5.41) is 0. The van der Waals surface area contributed by atoms with Crippen molar-refractivity contribution in [1.82, 2.24) is 24.8 Å². The molecule has 10 heteroatoms. The lowest BCUT2D eigenvalue weighted by molar-refractivity contribution is -0.116. The second-order valence-electron chi connectivity index (χ2n) is 10.8. The van der Waals surface area contributed by atoms with Crippen molar-refractivity contribution in [2.45, 2.75) is 46.6 Å². The highest BCUT2D eigenvalue weighted by Crippen LogP contribution is 2.26. The van der Waals surface area contributed by atoms with Crippen LogP contribution in [-0.4, -0.2) is 75.9 Å². The third-order valence-corrected chi connectivity index (χ3v) is 7.86.